The Morgan fingerprint density at radius 3 is 2.56 bits per heavy atom. The van der Waals surface area contributed by atoms with E-state index in [1.54, 1.807) is 6.92 Å². The van der Waals surface area contributed by atoms with E-state index in [4.69, 9.17) is 4.74 Å². The van der Waals surface area contributed by atoms with Gasteiger partial charge in [-0.1, -0.05) is 0 Å². The minimum Gasteiger partial charge on any atom is -0.462 e. The van der Waals surface area contributed by atoms with Gasteiger partial charge in [-0.3, -0.25) is 0 Å². The Balaban J connectivity index is 0.00000225. The van der Waals surface area contributed by atoms with Crippen LogP contribution in [0.5, 0.6) is 0 Å². The minimum absolute atomic E-state index is 0. The molecular formula is C10H12ClF2NO2. The number of anilines is 1. The second-order valence-electron chi connectivity index (χ2n) is 2.75. The molecule has 0 bridgehead atoms. The van der Waals surface area contributed by atoms with Crippen LogP contribution in [-0.4, -0.2) is 19.6 Å². The highest BCUT2D eigenvalue weighted by molar-refractivity contribution is 5.95. The predicted octanol–water partition coefficient (Wildman–Crippen LogP) is 2.61. The Labute approximate surface area is 98.2 Å². The molecule has 0 unspecified atom stereocenters. The molecule has 0 radical (unpaired) electrons. The Bertz CT molecular complexity index is 385. The number of benzene rings is 1. The molecule has 0 saturated carbocycles. The van der Waals surface area contributed by atoms with Gasteiger partial charge in [0.05, 0.1) is 17.9 Å². The van der Waals surface area contributed by atoms with Crippen molar-refractivity contribution in [3.8, 4) is 0 Å². The molecule has 0 aliphatic carbocycles. The zero-order chi connectivity index (χ0) is 11.4. The Kier molecular flexibility index (Phi) is 5.74. The average Bonchev–Trinajstić information content (AvgIpc) is 2.22. The van der Waals surface area contributed by atoms with E-state index in [-0.39, 0.29) is 30.3 Å². The van der Waals surface area contributed by atoms with Crippen molar-refractivity contribution in [1.29, 1.82) is 0 Å². The van der Waals surface area contributed by atoms with Crippen LogP contribution in [0.25, 0.3) is 0 Å². The second kappa shape index (κ2) is 6.27. The zero-order valence-electron chi connectivity index (χ0n) is 8.84. The van der Waals surface area contributed by atoms with Crippen LogP contribution in [-0.2, 0) is 4.74 Å². The van der Waals surface area contributed by atoms with E-state index >= 15 is 0 Å². The van der Waals surface area contributed by atoms with Crippen molar-refractivity contribution < 1.29 is 18.3 Å². The predicted molar refractivity (Wildman–Crippen MR) is 59.1 cm³/mol. The SMILES string of the molecule is CCOC(=O)c1ccc(F)c(F)c1NC.Cl. The van der Waals surface area contributed by atoms with Gasteiger partial charge in [0.25, 0.3) is 0 Å². The molecule has 16 heavy (non-hydrogen) atoms. The van der Waals surface area contributed by atoms with Crippen molar-refractivity contribution in [2.45, 2.75) is 6.92 Å². The van der Waals surface area contributed by atoms with E-state index in [0.29, 0.717) is 0 Å². The zero-order valence-corrected chi connectivity index (χ0v) is 9.66. The summed E-state index contributed by atoms with van der Waals surface area (Å²) >= 11 is 0. The maximum absolute atomic E-state index is 13.2. The van der Waals surface area contributed by atoms with Crippen molar-refractivity contribution >= 4 is 24.1 Å². The van der Waals surface area contributed by atoms with Crippen molar-refractivity contribution in [3.63, 3.8) is 0 Å². The maximum Gasteiger partial charge on any atom is 0.340 e. The van der Waals surface area contributed by atoms with Crippen molar-refractivity contribution in [2.75, 3.05) is 19.0 Å². The van der Waals surface area contributed by atoms with E-state index in [1.165, 1.54) is 13.1 Å². The van der Waals surface area contributed by atoms with Crippen LogP contribution in [0.4, 0.5) is 14.5 Å². The molecule has 1 rings (SSSR count). The van der Waals surface area contributed by atoms with Gasteiger partial charge in [-0.15, -0.1) is 12.4 Å². The van der Waals surface area contributed by atoms with Gasteiger partial charge in [-0.05, 0) is 19.1 Å². The standard InChI is InChI=1S/C10H11F2NO2.ClH/c1-3-15-10(14)6-4-5-7(11)8(12)9(6)13-2;/h4-5,13H,3H2,1-2H3;1H. The summed E-state index contributed by atoms with van der Waals surface area (Å²) in [7, 11) is 1.40. The molecule has 0 aliphatic rings. The molecule has 0 fully saturated rings. The number of rotatable bonds is 3. The van der Waals surface area contributed by atoms with Crippen LogP contribution in [0, 0.1) is 11.6 Å². The lowest BCUT2D eigenvalue weighted by Gasteiger charge is -2.09. The van der Waals surface area contributed by atoms with Crippen molar-refractivity contribution in [2.24, 2.45) is 0 Å². The van der Waals surface area contributed by atoms with Crippen LogP contribution < -0.4 is 5.32 Å². The maximum atomic E-state index is 13.2. The lowest BCUT2D eigenvalue weighted by molar-refractivity contribution is 0.0527. The van der Waals surface area contributed by atoms with Crippen molar-refractivity contribution in [1.82, 2.24) is 0 Å². The quantitative estimate of drug-likeness (QED) is 0.840. The molecule has 0 aromatic heterocycles. The third-order valence-corrected chi connectivity index (χ3v) is 1.84. The van der Waals surface area contributed by atoms with E-state index in [2.05, 4.69) is 5.32 Å². The molecule has 0 saturated heterocycles. The van der Waals surface area contributed by atoms with Crippen LogP contribution in [0.15, 0.2) is 12.1 Å². The summed E-state index contributed by atoms with van der Waals surface area (Å²) in [6.07, 6.45) is 0. The summed E-state index contributed by atoms with van der Waals surface area (Å²) in [5, 5.41) is 2.43. The largest absolute Gasteiger partial charge is 0.462 e. The van der Waals surface area contributed by atoms with Crippen LogP contribution in [0.1, 0.15) is 17.3 Å². The third kappa shape index (κ3) is 2.82. The molecule has 0 atom stereocenters. The first-order valence-electron chi connectivity index (χ1n) is 4.44. The van der Waals surface area contributed by atoms with Gasteiger partial charge in [0.1, 0.15) is 0 Å². The van der Waals surface area contributed by atoms with E-state index in [1.807, 2.05) is 0 Å². The van der Waals surface area contributed by atoms with Gasteiger partial charge in [0, 0.05) is 7.05 Å². The van der Waals surface area contributed by atoms with Crippen LogP contribution >= 0.6 is 12.4 Å². The normalized spacial score (nSPS) is 9.25. The molecule has 1 N–H and O–H groups in total. The molecular weight excluding hydrogens is 240 g/mol. The third-order valence-electron chi connectivity index (χ3n) is 1.84. The molecule has 0 spiro atoms. The summed E-state index contributed by atoms with van der Waals surface area (Å²) in [6, 6.07) is 2.07. The highest BCUT2D eigenvalue weighted by Crippen LogP contribution is 2.22. The number of carbonyl (C=O) groups excluding carboxylic acids is 1. The fourth-order valence-corrected chi connectivity index (χ4v) is 1.17. The van der Waals surface area contributed by atoms with Gasteiger partial charge in [0.15, 0.2) is 11.6 Å². The van der Waals surface area contributed by atoms with Crippen LogP contribution in [0.2, 0.25) is 0 Å². The molecule has 3 nitrogen and oxygen atoms in total. The van der Waals surface area contributed by atoms with Gasteiger partial charge in [-0.25, -0.2) is 13.6 Å². The average molecular weight is 252 g/mol. The lowest BCUT2D eigenvalue weighted by Crippen LogP contribution is -2.10. The highest BCUT2D eigenvalue weighted by Gasteiger charge is 2.18. The highest BCUT2D eigenvalue weighted by atomic mass is 35.5. The number of hydrogen-bond acceptors (Lipinski definition) is 3. The first kappa shape index (κ1) is 14.6. The van der Waals surface area contributed by atoms with Crippen molar-refractivity contribution in [3.05, 3.63) is 29.3 Å². The summed E-state index contributed by atoms with van der Waals surface area (Å²) in [5.74, 6) is -2.77. The number of halogens is 3. The summed E-state index contributed by atoms with van der Waals surface area (Å²) in [4.78, 5) is 11.3. The molecule has 6 heteroatoms. The summed E-state index contributed by atoms with van der Waals surface area (Å²) in [5.41, 5.74) is -0.202. The fourth-order valence-electron chi connectivity index (χ4n) is 1.17. The minimum atomic E-state index is -1.08. The Hall–Kier alpha value is -1.36. The Morgan fingerprint density at radius 2 is 2.06 bits per heavy atom. The number of ether oxygens (including phenoxy) is 1. The molecule has 0 amide bonds. The first-order chi connectivity index (χ1) is 7.11. The van der Waals surface area contributed by atoms with Gasteiger partial charge >= 0.3 is 5.97 Å². The topological polar surface area (TPSA) is 38.3 Å². The fraction of sp³-hybridized carbons (Fsp3) is 0.300. The molecule has 1 aromatic carbocycles. The molecule has 0 aliphatic heterocycles. The first-order valence-corrected chi connectivity index (χ1v) is 4.44. The monoisotopic (exact) mass is 251 g/mol. The smallest absolute Gasteiger partial charge is 0.340 e. The van der Waals surface area contributed by atoms with Gasteiger partial charge in [-0.2, -0.15) is 0 Å². The number of hydrogen-bond donors (Lipinski definition) is 1. The van der Waals surface area contributed by atoms with E-state index < -0.39 is 17.6 Å². The summed E-state index contributed by atoms with van der Waals surface area (Å²) < 4.78 is 30.7. The molecule has 90 valence electrons. The Morgan fingerprint density at radius 1 is 1.44 bits per heavy atom. The number of nitrogens with one attached hydrogen (secondary N) is 1. The second-order valence-corrected chi connectivity index (χ2v) is 2.75. The molecule has 0 heterocycles. The number of carbonyl (C=O) groups is 1. The molecule has 1 aromatic rings. The lowest BCUT2D eigenvalue weighted by atomic mass is 10.1. The van der Waals surface area contributed by atoms with Gasteiger partial charge in [0.2, 0.25) is 0 Å². The van der Waals surface area contributed by atoms with E-state index in [0.717, 1.165) is 6.07 Å². The summed E-state index contributed by atoms with van der Waals surface area (Å²) in [6.45, 7) is 1.82. The number of esters is 1. The van der Waals surface area contributed by atoms with Gasteiger partial charge < -0.3 is 10.1 Å². The van der Waals surface area contributed by atoms with Crippen LogP contribution in [0.3, 0.4) is 0 Å². The van der Waals surface area contributed by atoms with E-state index in [9.17, 15) is 13.6 Å².